The highest BCUT2D eigenvalue weighted by Crippen LogP contribution is 2.23. The second-order valence-electron chi connectivity index (χ2n) is 4.83. The van der Waals surface area contributed by atoms with Gasteiger partial charge in [0.25, 0.3) is 0 Å². The lowest BCUT2D eigenvalue weighted by molar-refractivity contribution is 0.391. The van der Waals surface area contributed by atoms with E-state index >= 15 is 0 Å². The van der Waals surface area contributed by atoms with Crippen molar-refractivity contribution in [1.29, 1.82) is 0 Å². The molecule has 0 spiro atoms. The Morgan fingerprint density at radius 2 is 1.81 bits per heavy atom. The summed E-state index contributed by atoms with van der Waals surface area (Å²) >= 11 is 10.1. The Bertz CT molecular complexity index is 133. The monoisotopic (exact) mass is 264 g/mol. The third-order valence-corrected chi connectivity index (χ3v) is 4.34. The van der Waals surface area contributed by atoms with Crippen LogP contribution in [0.5, 0.6) is 0 Å². The SMILES string of the molecule is CCCCC(Cl)CC.SCC1CCCCC1. The van der Waals surface area contributed by atoms with Gasteiger partial charge in [0.05, 0.1) is 0 Å². The fourth-order valence-electron chi connectivity index (χ4n) is 2.00. The molecule has 1 aliphatic rings. The van der Waals surface area contributed by atoms with Crippen molar-refractivity contribution in [3.05, 3.63) is 0 Å². The lowest BCUT2D eigenvalue weighted by Crippen LogP contribution is -2.06. The zero-order valence-corrected chi connectivity index (χ0v) is 12.7. The third kappa shape index (κ3) is 9.84. The molecule has 1 saturated carbocycles. The Labute approximate surface area is 113 Å². The van der Waals surface area contributed by atoms with Crippen molar-refractivity contribution < 1.29 is 0 Å². The summed E-state index contributed by atoms with van der Waals surface area (Å²) in [5.74, 6) is 2.06. The molecule has 1 aliphatic carbocycles. The number of unbranched alkanes of at least 4 members (excludes halogenated alkanes) is 1. The molecule has 0 aromatic carbocycles. The number of rotatable bonds is 5. The largest absolute Gasteiger partial charge is 0.179 e. The summed E-state index contributed by atoms with van der Waals surface area (Å²) in [6.07, 6.45) is 12.1. The lowest BCUT2D eigenvalue weighted by Gasteiger charge is -2.18. The predicted molar refractivity (Wildman–Crippen MR) is 79.9 cm³/mol. The molecule has 0 amide bonds. The molecule has 1 atom stereocenters. The van der Waals surface area contributed by atoms with Crippen molar-refractivity contribution in [3.63, 3.8) is 0 Å². The van der Waals surface area contributed by atoms with Crippen LogP contribution in [0.1, 0.15) is 71.6 Å². The summed E-state index contributed by atoms with van der Waals surface area (Å²) in [5.41, 5.74) is 0. The molecule has 0 N–H and O–H groups in total. The predicted octanol–water partition coefficient (Wildman–Crippen LogP) is 5.69. The average Bonchev–Trinajstić information content (AvgIpc) is 2.37. The van der Waals surface area contributed by atoms with Crippen LogP contribution in [0.4, 0.5) is 0 Å². The van der Waals surface area contributed by atoms with E-state index in [1.807, 2.05) is 0 Å². The van der Waals surface area contributed by atoms with Gasteiger partial charge in [-0.05, 0) is 37.4 Å². The Hall–Kier alpha value is 0.640. The van der Waals surface area contributed by atoms with E-state index in [-0.39, 0.29) is 0 Å². The van der Waals surface area contributed by atoms with Crippen molar-refractivity contribution in [2.24, 2.45) is 5.92 Å². The molecule has 2 heteroatoms. The maximum atomic E-state index is 5.84. The molecule has 0 aromatic heterocycles. The van der Waals surface area contributed by atoms with Crippen molar-refractivity contribution >= 4 is 24.2 Å². The van der Waals surface area contributed by atoms with Gasteiger partial charge in [-0.25, -0.2) is 0 Å². The van der Waals surface area contributed by atoms with Crippen LogP contribution < -0.4 is 0 Å². The molecule has 98 valence electrons. The smallest absolute Gasteiger partial charge is 0.0333 e. The normalized spacial score (nSPS) is 18.8. The molecule has 0 nitrogen and oxygen atoms in total. The zero-order valence-electron chi connectivity index (χ0n) is 11.1. The van der Waals surface area contributed by atoms with Crippen LogP contribution in [0.2, 0.25) is 0 Å². The minimum absolute atomic E-state index is 0.426. The quantitative estimate of drug-likeness (QED) is 0.479. The van der Waals surface area contributed by atoms with Gasteiger partial charge < -0.3 is 0 Å². The highest BCUT2D eigenvalue weighted by Gasteiger charge is 2.10. The van der Waals surface area contributed by atoms with Crippen LogP contribution in [0.3, 0.4) is 0 Å². The number of thiol groups is 1. The average molecular weight is 265 g/mol. The molecule has 0 saturated heterocycles. The van der Waals surface area contributed by atoms with Crippen molar-refractivity contribution in [1.82, 2.24) is 0 Å². The summed E-state index contributed by atoms with van der Waals surface area (Å²) in [6.45, 7) is 4.33. The Balaban J connectivity index is 0.000000281. The molecule has 1 unspecified atom stereocenters. The van der Waals surface area contributed by atoms with Gasteiger partial charge in [-0.1, -0.05) is 46.0 Å². The summed E-state index contributed by atoms with van der Waals surface area (Å²) in [6, 6.07) is 0. The second-order valence-corrected chi connectivity index (χ2v) is 5.82. The van der Waals surface area contributed by atoms with E-state index in [4.69, 9.17) is 11.6 Å². The molecule has 0 heterocycles. The Morgan fingerprint density at radius 1 is 1.19 bits per heavy atom. The molecular weight excluding hydrogens is 236 g/mol. The van der Waals surface area contributed by atoms with Crippen LogP contribution in [-0.2, 0) is 0 Å². The minimum Gasteiger partial charge on any atom is -0.179 e. The van der Waals surface area contributed by atoms with E-state index in [9.17, 15) is 0 Å². The first-order valence-electron chi connectivity index (χ1n) is 6.99. The van der Waals surface area contributed by atoms with Gasteiger partial charge in [-0.15, -0.1) is 11.6 Å². The van der Waals surface area contributed by atoms with Gasteiger partial charge in [0.2, 0.25) is 0 Å². The topological polar surface area (TPSA) is 0 Å². The van der Waals surface area contributed by atoms with Gasteiger partial charge in [-0.3, -0.25) is 0 Å². The summed E-state index contributed by atoms with van der Waals surface area (Å²) in [5, 5.41) is 0.426. The molecule has 0 bridgehead atoms. The fourth-order valence-corrected chi connectivity index (χ4v) is 2.52. The molecular formula is C14H29ClS. The van der Waals surface area contributed by atoms with Crippen LogP contribution in [0.25, 0.3) is 0 Å². The highest BCUT2D eigenvalue weighted by atomic mass is 35.5. The first-order chi connectivity index (χ1) is 7.74. The van der Waals surface area contributed by atoms with Gasteiger partial charge in [-0.2, -0.15) is 12.6 Å². The van der Waals surface area contributed by atoms with E-state index < -0.39 is 0 Å². The van der Waals surface area contributed by atoms with Crippen LogP contribution in [0, 0.1) is 5.92 Å². The maximum Gasteiger partial charge on any atom is 0.0333 e. The van der Waals surface area contributed by atoms with Gasteiger partial charge in [0.1, 0.15) is 0 Å². The second kappa shape index (κ2) is 12.1. The summed E-state index contributed by atoms with van der Waals surface area (Å²) < 4.78 is 0. The van der Waals surface area contributed by atoms with Gasteiger partial charge in [0, 0.05) is 5.38 Å². The molecule has 0 aromatic rings. The van der Waals surface area contributed by atoms with Gasteiger partial charge >= 0.3 is 0 Å². The number of alkyl halides is 1. The zero-order chi connectivity index (χ0) is 12.2. The van der Waals surface area contributed by atoms with E-state index in [2.05, 4.69) is 26.5 Å². The van der Waals surface area contributed by atoms with Crippen molar-refractivity contribution in [2.75, 3.05) is 5.75 Å². The molecule has 16 heavy (non-hydrogen) atoms. The van der Waals surface area contributed by atoms with E-state index in [0.717, 1.165) is 18.1 Å². The number of hydrogen-bond donors (Lipinski definition) is 1. The third-order valence-electron chi connectivity index (χ3n) is 3.30. The molecule has 0 aliphatic heterocycles. The molecule has 1 fully saturated rings. The van der Waals surface area contributed by atoms with Crippen LogP contribution in [0.15, 0.2) is 0 Å². The Morgan fingerprint density at radius 3 is 2.19 bits per heavy atom. The summed E-state index contributed by atoms with van der Waals surface area (Å²) in [7, 11) is 0. The standard InChI is InChI=1S/C7H15Cl.C7H14S/c1-3-5-6-7(8)4-2;8-6-7-4-2-1-3-5-7/h7H,3-6H2,1-2H3;7-8H,1-6H2. The molecule has 1 rings (SSSR count). The van der Waals surface area contributed by atoms with Crippen LogP contribution >= 0.6 is 24.2 Å². The highest BCUT2D eigenvalue weighted by molar-refractivity contribution is 7.80. The fraction of sp³-hybridized carbons (Fsp3) is 1.00. The first kappa shape index (κ1) is 16.6. The maximum absolute atomic E-state index is 5.84. The number of halogens is 1. The first-order valence-corrected chi connectivity index (χ1v) is 8.06. The van der Waals surface area contributed by atoms with Gasteiger partial charge in [0.15, 0.2) is 0 Å². The minimum atomic E-state index is 0.426. The van der Waals surface area contributed by atoms with Crippen molar-refractivity contribution in [3.8, 4) is 0 Å². The number of hydrogen-bond acceptors (Lipinski definition) is 1. The van der Waals surface area contributed by atoms with Crippen molar-refractivity contribution in [2.45, 2.75) is 77.0 Å². The van der Waals surface area contributed by atoms with E-state index in [0.29, 0.717) is 5.38 Å². The summed E-state index contributed by atoms with van der Waals surface area (Å²) in [4.78, 5) is 0. The van der Waals surface area contributed by atoms with E-state index in [1.54, 1.807) is 0 Å². The Kier molecular flexibility index (Phi) is 12.6. The lowest BCUT2D eigenvalue weighted by atomic mass is 9.91. The van der Waals surface area contributed by atoms with E-state index in [1.165, 1.54) is 51.4 Å². The molecule has 0 radical (unpaired) electrons. The van der Waals surface area contributed by atoms with Crippen LogP contribution in [-0.4, -0.2) is 11.1 Å².